The zero-order chi connectivity index (χ0) is 25.4. The lowest BCUT2D eigenvalue weighted by Gasteiger charge is -2.59. The van der Waals surface area contributed by atoms with Gasteiger partial charge >= 0.3 is 36.0 Å². The smallest absolute Gasteiger partial charge is 0.348 e. The summed E-state index contributed by atoms with van der Waals surface area (Å²) in [5.74, 6) is -38.9. The van der Waals surface area contributed by atoms with Gasteiger partial charge in [-0.05, 0) is 68.6 Å². The van der Waals surface area contributed by atoms with Crippen molar-refractivity contribution in [3.8, 4) is 0 Å². The molecule has 4 saturated carbocycles. The highest BCUT2D eigenvalue weighted by molar-refractivity contribution is 5.85. The van der Waals surface area contributed by atoms with Crippen molar-refractivity contribution in [2.75, 3.05) is 0 Å². The molecule has 4 aliphatic carbocycles. The molecule has 1 atom stereocenters. The van der Waals surface area contributed by atoms with Gasteiger partial charge in [-0.15, -0.1) is 0 Å². The third-order valence-corrected chi connectivity index (χ3v) is 7.51. The lowest BCUT2D eigenvalue weighted by molar-refractivity contribution is -0.407. The Morgan fingerprint density at radius 2 is 1.15 bits per heavy atom. The minimum Gasteiger partial charge on any atom is -0.348 e. The Morgan fingerprint density at radius 3 is 1.52 bits per heavy atom. The number of nitrogens with one attached hydrogen (secondary N) is 1. The molecule has 0 aromatic rings. The van der Waals surface area contributed by atoms with E-state index in [-0.39, 0.29) is 17.8 Å². The van der Waals surface area contributed by atoms with Crippen molar-refractivity contribution in [2.24, 2.45) is 23.2 Å². The topological polar surface area (TPSA) is 29.1 Å². The van der Waals surface area contributed by atoms with Crippen LogP contribution in [0.15, 0.2) is 0 Å². The van der Waals surface area contributed by atoms with Crippen molar-refractivity contribution >= 4 is 5.91 Å². The number of hydrogen-bond acceptors (Lipinski definition) is 1. The van der Waals surface area contributed by atoms with Crippen LogP contribution in [-0.2, 0) is 4.79 Å². The standard InChI is InChI=1S/C19H21F12NO/c1-8(14-5-9-2-10(6-14)4-11(3-9)7-14)32-13(33)16(24,25)18(28,29)19(30,31)17(26,27)15(22,23)12(20)21/h8-12H,2-7H2,1H3,(H,32,33). The first-order valence-corrected chi connectivity index (χ1v) is 10.2. The molecular weight excluding hydrogens is 486 g/mol. The maximum atomic E-state index is 14.1. The van der Waals surface area contributed by atoms with E-state index >= 15 is 0 Å². The second kappa shape index (κ2) is 7.56. The van der Waals surface area contributed by atoms with E-state index in [1.807, 2.05) is 0 Å². The van der Waals surface area contributed by atoms with Crippen molar-refractivity contribution < 1.29 is 57.5 Å². The van der Waals surface area contributed by atoms with Crippen LogP contribution in [0.5, 0.6) is 0 Å². The highest BCUT2D eigenvalue weighted by Gasteiger charge is 2.89. The van der Waals surface area contributed by atoms with E-state index in [9.17, 15) is 57.5 Å². The molecule has 4 fully saturated rings. The fourth-order valence-corrected chi connectivity index (χ4v) is 6.03. The van der Waals surface area contributed by atoms with Crippen LogP contribution < -0.4 is 5.32 Å². The zero-order valence-corrected chi connectivity index (χ0v) is 17.1. The maximum absolute atomic E-state index is 14.1. The monoisotopic (exact) mass is 507 g/mol. The van der Waals surface area contributed by atoms with Gasteiger partial charge in [0.25, 0.3) is 5.91 Å². The summed E-state index contributed by atoms with van der Waals surface area (Å²) in [4.78, 5) is 11.9. The summed E-state index contributed by atoms with van der Waals surface area (Å²) in [5, 5.41) is 1.49. The first kappa shape index (κ1) is 26.2. The van der Waals surface area contributed by atoms with Crippen LogP contribution in [0.3, 0.4) is 0 Å². The molecule has 192 valence electrons. The van der Waals surface area contributed by atoms with E-state index in [0.29, 0.717) is 19.3 Å². The second-order valence-corrected chi connectivity index (χ2v) is 9.70. The van der Waals surface area contributed by atoms with Crippen LogP contribution in [0.2, 0.25) is 0 Å². The summed E-state index contributed by atoms with van der Waals surface area (Å²) in [6.45, 7) is 1.19. The van der Waals surface area contributed by atoms with E-state index < -0.39 is 53.4 Å². The largest absolute Gasteiger partial charge is 0.392 e. The predicted octanol–water partition coefficient (Wildman–Crippen LogP) is 6.15. The minimum absolute atomic E-state index is 0.206. The van der Waals surface area contributed by atoms with Crippen LogP contribution in [0, 0.1) is 23.2 Å². The minimum atomic E-state index is -7.70. The second-order valence-electron chi connectivity index (χ2n) is 9.70. The first-order valence-electron chi connectivity index (χ1n) is 10.2. The van der Waals surface area contributed by atoms with Gasteiger partial charge in [-0.3, -0.25) is 4.79 Å². The molecule has 2 nitrogen and oxygen atoms in total. The van der Waals surface area contributed by atoms with E-state index in [1.54, 1.807) is 0 Å². The van der Waals surface area contributed by atoms with Crippen LogP contribution in [-0.4, -0.2) is 48.0 Å². The van der Waals surface area contributed by atoms with Gasteiger partial charge in [0, 0.05) is 6.04 Å². The van der Waals surface area contributed by atoms with E-state index in [4.69, 9.17) is 0 Å². The third kappa shape index (κ3) is 3.59. The third-order valence-electron chi connectivity index (χ3n) is 7.51. The van der Waals surface area contributed by atoms with E-state index in [1.165, 1.54) is 12.2 Å². The van der Waals surface area contributed by atoms with Gasteiger partial charge in [-0.2, -0.15) is 43.9 Å². The Hall–Kier alpha value is -1.37. The first-order chi connectivity index (χ1) is 14.7. The number of carbonyl (C=O) groups is 1. The Balaban J connectivity index is 1.83. The number of carbonyl (C=O) groups excluding carboxylic acids is 1. The molecular formula is C19H21F12NO. The van der Waals surface area contributed by atoms with E-state index in [0.717, 1.165) is 19.3 Å². The Morgan fingerprint density at radius 1 is 0.758 bits per heavy atom. The molecule has 4 aliphatic rings. The van der Waals surface area contributed by atoms with Crippen molar-refractivity contribution in [2.45, 2.75) is 87.5 Å². The summed E-state index contributed by atoms with van der Waals surface area (Å²) >= 11 is 0. The van der Waals surface area contributed by atoms with Gasteiger partial charge in [0.15, 0.2) is 0 Å². The van der Waals surface area contributed by atoms with Crippen LogP contribution in [0.1, 0.15) is 45.4 Å². The highest BCUT2D eigenvalue weighted by Crippen LogP contribution is 2.62. The molecule has 4 rings (SSSR count). The van der Waals surface area contributed by atoms with Crippen LogP contribution in [0.25, 0.3) is 0 Å². The summed E-state index contributed by atoms with van der Waals surface area (Å²) in [5.41, 5.74) is -0.787. The van der Waals surface area contributed by atoms with Crippen LogP contribution >= 0.6 is 0 Å². The average Bonchev–Trinajstić information content (AvgIpc) is 2.65. The normalized spacial score (nSPS) is 31.8. The van der Waals surface area contributed by atoms with Crippen molar-refractivity contribution in [3.05, 3.63) is 0 Å². The molecule has 0 spiro atoms. The van der Waals surface area contributed by atoms with Crippen molar-refractivity contribution in [3.63, 3.8) is 0 Å². The molecule has 0 aliphatic heterocycles. The molecule has 0 radical (unpaired) electrons. The zero-order valence-electron chi connectivity index (χ0n) is 17.1. The van der Waals surface area contributed by atoms with Crippen molar-refractivity contribution in [1.29, 1.82) is 0 Å². The fourth-order valence-electron chi connectivity index (χ4n) is 6.03. The lowest BCUT2D eigenvalue weighted by atomic mass is 9.48. The molecule has 1 amide bonds. The predicted molar refractivity (Wildman–Crippen MR) is 88.9 cm³/mol. The SMILES string of the molecule is CC(NC(=O)C(F)(F)C(F)(F)C(F)(F)C(F)(F)C(F)(F)C(F)F)C12CC3CC(CC(C3)C1)C2. The Labute approximate surface area is 180 Å². The van der Waals surface area contributed by atoms with Gasteiger partial charge in [-0.25, -0.2) is 8.78 Å². The van der Waals surface area contributed by atoms with Gasteiger partial charge in [0.05, 0.1) is 0 Å². The number of amides is 1. The molecule has 14 heteroatoms. The average molecular weight is 507 g/mol. The molecule has 0 aromatic carbocycles. The summed E-state index contributed by atoms with van der Waals surface area (Å²) in [6, 6.07) is -1.24. The van der Waals surface area contributed by atoms with Crippen molar-refractivity contribution in [1.82, 2.24) is 5.32 Å². The number of alkyl halides is 12. The van der Waals surface area contributed by atoms with Gasteiger partial charge in [0.1, 0.15) is 0 Å². The molecule has 0 aromatic heterocycles. The maximum Gasteiger partial charge on any atom is 0.392 e. The summed E-state index contributed by atoms with van der Waals surface area (Å²) in [6.07, 6.45) is -1.60. The highest BCUT2D eigenvalue weighted by atomic mass is 19.4. The Bertz CT molecular complexity index is 745. The number of halogens is 12. The quantitative estimate of drug-likeness (QED) is 0.393. The molecule has 0 saturated heterocycles. The van der Waals surface area contributed by atoms with Gasteiger partial charge in [-0.1, -0.05) is 0 Å². The number of hydrogen-bond donors (Lipinski definition) is 1. The molecule has 0 heterocycles. The van der Waals surface area contributed by atoms with Gasteiger partial charge in [0.2, 0.25) is 0 Å². The summed E-state index contributed by atoms with van der Waals surface area (Å²) in [7, 11) is 0. The fraction of sp³-hybridized carbons (Fsp3) is 0.947. The Kier molecular flexibility index (Phi) is 6.01. The van der Waals surface area contributed by atoms with Gasteiger partial charge < -0.3 is 5.32 Å². The molecule has 1 N–H and O–H groups in total. The lowest BCUT2D eigenvalue weighted by Crippen LogP contribution is -2.71. The van der Waals surface area contributed by atoms with Crippen LogP contribution in [0.4, 0.5) is 52.7 Å². The van der Waals surface area contributed by atoms with E-state index in [2.05, 4.69) is 0 Å². The molecule has 4 bridgehead atoms. The molecule has 1 unspecified atom stereocenters. The molecule has 33 heavy (non-hydrogen) atoms. The summed E-state index contributed by atoms with van der Waals surface area (Å²) < 4.78 is 160. The number of rotatable bonds is 8.